The first kappa shape index (κ1) is 13.3. The smallest absolute Gasteiger partial charge is 0.124 e. The van der Waals surface area contributed by atoms with Crippen LogP contribution < -0.4 is 0 Å². The standard InChI is InChI=1S/C15H15FN2O/c1-12-9-17-18(10-12)11-14-6-13(4-2-3-5-19)7-15(16)8-14/h6-10,19H,3,5,11H2,1H3. The maximum atomic E-state index is 13.5. The van der Waals surface area contributed by atoms with E-state index in [9.17, 15) is 4.39 Å². The average Bonchev–Trinajstić information content (AvgIpc) is 2.74. The molecule has 1 heterocycles. The van der Waals surface area contributed by atoms with Gasteiger partial charge in [-0.05, 0) is 36.2 Å². The van der Waals surface area contributed by atoms with Gasteiger partial charge in [0, 0.05) is 18.2 Å². The Hall–Kier alpha value is -2.12. The van der Waals surface area contributed by atoms with Crippen molar-refractivity contribution in [3.05, 3.63) is 53.1 Å². The van der Waals surface area contributed by atoms with Crippen LogP contribution in [0.4, 0.5) is 4.39 Å². The summed E-state index contributed by atoms with van der Waals surface area (Å²) >= 11 is 0. The lowest BCUT2D eigenvalue weighted by molar-refractivity contribution is 0.305. The fourth-order valence-corrected chi connectivity index (χ4v) is 1.77. The summed E-state index contributed by atoms with van der Waals surface area (Å²) in [4.78, 5) is 0. The summed E-state index contributed by atoms with van der Waals surface area (Å²) in [6.07, 6.45) is 4.06. The van der Waals surface area contributed by atoms with Crippen LogP contribution in [0.15, 0.2) is 30.6 Å². The van der Waals surface area contributed by atoms with Crippen LogP contribution in [-0.4, -0.2) is 21.5 Å². The van der Waals surface area contributed by atoms with Crippen molar-refractivity contribution in [2.45, 2.75) is 19.9 Å². The topological polar surface area (TPSA) is 38.0 Å². The number of hydrogen-bond acceptors (Lipinski definition) is 2. The third kappa shape index (κ3) is 3.94. The van der Waals surface area contributed by atoms with E-state index in [0.29, 0.717) is 18.5 Å². The zero-order chi connectivity index (χ0) is 13.7. The van der Waals surface area contributed by atoms with Crippen LogP contribution in [-0.2, 0) is 6.54 Å². The minimum absolute atomic E-state index is 0.0156. The van der Waals surface area contributed by atoms with Crippen LogP contribution in [0.1, 0.15) is 23.1 Å². The van der Waals surface area contributed by atoms with Crippen molar-refractivity contribution in [1.82, 2.24) is 9.78 Å². The van der Waals surface area contributed by atoms with Crippen molar-refractivity contribution in [1.29, 1.82) is 0 Å². The summed E-state index contributed by atoms with van der Waals surface area (Å²) in [6, 6.07) is 4.71. The number of aryl methyl sites for hydroxylation is 1. The summed E-state index contributed by atoms with van der Waals surface area (Å²) in [5.41, 5.74) is 2.50. The number of nitrogens with zero attached hydrogens (tertiary/aromatic N) is 2. The lowest BCUT2D eigenvalue weighted by atomic mass is 10.1. The number of halogens is 1. The highest BCUT2D eigenvalue weighted by Crippen LogP contribution is 2.10. The van der Waals surface area contributed by atoms with Crippen LogP contribution >= 0.6 is 0 Å². The van der Waals surface area contributed by atoms with Crippen LogP contribution in [0, 0.1) is 24.6 Å². The Morgan fingerprint density at radius 2 is 2.21 bits per heavy atom. The molecule has 0 aliphatic rings. The molecule has 0 unspecified atom stereocenters. The van der Waals surface area contributed by atoms with Gasteiger partial charge in [-0.2, -0.15) is 5.10 Å². The minimum Gasteiger partial charge on any atom is -0.395 e. The van der Waals surface area contributed by atoms with E-state index in [1.165, 1.54) is 12.1 Å². The van der Waals surface area contributed by atoms with Gasteiger partial charge in [-0.3, -0.25) is 4.68 Å². The molecular formula is C15H15FN2O. The average molecular weight is 258 g/mol. The zero-order valence-electron chi connectivity index (χ0n) is 10.7. The Morgan fingerprint density at radius 3 is 2.89 bits per heavy atom. The zero-order valence-corrected chi connectivity index (χ0v) is 10.7. The highest BCUT2D eigenvalue weighted by molar-refractivity contribution is 5.37. The largest absolute Gasteiger partial charge is 0.395 e. The van der Waals surface area contributed by atoms with Gasteiger partial charge in [0.2, 0.25) is 0 Å². The van der Waals surface area contributed by atoms with Gasteiger partial charge in [-0.1, -0.05) is 11.8 Å². The number of aromatic nitrogens is 2. The van der Waals surface area contributed by atoms with Gasteiger partial charge in [0.05, 0.1) is 19.3 Å². The maximum absolute atomic E-state index is 13.5. The van der Waals surface area contributed by atoms with E-state index in [-0.39, 0.29) is 12.4 Å². The second-order valence-corrected chi connectivity index (χ2v) is 4.34. The molecule has 0 fully saturated rings. The summed E-state index contributed by atoms with van der Waals surface area (Å²) in [5.74, 6) is 5.31. The normalized spacial score (nSPS) is 10.1. The van der Waals surface area contributed by atoms with E-state index >= 15 is 0 Å². The van der Waals surface area contributed by atoms with E-state index in [1.54, 1.807) is 10.9 Å². The first-order chi connectivity index (χ1) is 9.17. The second-order valence-electron chi connectivity index (χ2n) is 4.34. The van der Waals surface area contributed by atoms with E-state index < -0.39 is 0 Å². The lowest BCUT2D eigenvalue weighted by Gasteiger charge is -2.03. The fourth-order valence-electron chi connectivity index (χ4n) is 1.77. The van der Waals surface area contributed by atoms with Crippen molar-refractivity contribution in [3.8, 4) is 11.8 Å². The van der Waals surface area contributed by atoms with E-state index in [4.69, 9.17) is 5.11 Å². The number of aliphatic hydroxyl groups excluding tert-OH is 1. The molecule has 0 bridgehead atoms. The Balaban J connectivity index is 2.19. The number of rotatable bonds is 3. The molecule has 0 radical (unpaired) electrons. The number of hydrogen-bond donors (Lipinski definition) is 1. The van der Waals surface area contributed by atoms with Gasteiger partial charge >= 0.3 is 0 Å². The Kier molecular flexibility index (Phi) is 4.32. The molecule has 4 heteroatoms. The van der Waals surface area contributed by atoms with Crippen molar-refractivity contribution in [2.24, 2.45) is 0 Å². The van der Waals surface area contributed by atoms with Crippen molar-refractivity contribution in [3.63, 3.8) is 0 Å². The highest BCUT2D eigenvalue weighted by atomic mass is 19.1. The Labute approximate surface area is 111 Å². The van der Waals surface area contributed by atoms with Crippen molar-refractivity contribution < 1.29 is 9.50 Å². The molecule has 0 atom stereocenters. The highest BCUT2D eigenvalue weighted by Gasteiger charge is 2.01. The second kappa shape index (κ2) is 6.17. The lowest BCUT2D eigenvalue weighted by Crippen LogP contribution is -2.00. The predicted molar refractivity (Wildman–Crippen MR) is 71.0 cm³/mol. The Morgan fingerprint density at radius 1 is 1.37 bits per heavy atom. The predicted octanol–water partition coefficient (Wildman–Crippen LogP) is 2.11. The Bertz CT molecular complexity index is 623. The molecule has 98 valence electrons. The summed E-state index contributed by atoms with van der Waals surface area (Å²) in [6.45, 7) is 2.49. The molecule has 19 heavy (non-hydrogen) atoms. The molecule has 0 aliphatic heterocycles. The maximum Gasteiger partial charge on any atom is 0.124 e. The van der Waals surface area contributed by atoms with Gasteiger partial charge in [0.1, 0.15) is 5.82 Å². The van der Waals surface area contributed by atoms with Crippen LogP contribution in [0.5, 0.6) is 0 Å². The SMILES string of the molecule is Cc1cnn(Cc2cc(F)cc(C#CCCO)c2)c1. The van der Waals surface area contributed by atoms with Crippen molar-refractivity contribution >= 4 is 0 Å². The summed E-state index contributed by atoms with van der Waals surface area (Å²) < 4.78 is 15.3. The summed E-state index contributed by atoms with van der Waals surface area (Å²) in [7, 11) is 0. The van der Waals surface area contributed by atoms with Gasteiger partial charge in [0.25, 0.3) is 0 Å². The van der Waals surface area contributed by atoms with Gasteiger partial charge in [0.15, 0.2) is 0 Å². The first-order valence-corrected chi connectivity index (χ1v) is 6.05. The van der Waals surface area contributed by atoms with E-state index in [0.717, 1.165) is 11.1 Å². The van der Waals surface area contributed by atoms with Crippen LogP contribution in [0.3, 0.4) is 0 Å². The molecule has 0 saturated carbocycles. The van der Waals surface area contributed by atoms with Gasteiger partial charge < -0.3 is 5.11 Å². The molecule has 0 saturated heterocycles. The fraction of sp³-hybridized carbons (Fsp3) is 0.267. The number of aliphatic hydroxyl groups is 1. The quantitative estimate of drug-likeness (QED) is 0.856. The number of benzene rings is 1. The first-order valence-electron chi connectivity index (χ1n) is 6.05. The molecule has 2 rings (SSSR count). The molecule has 0 aliphatic carbocycles. The third-order valence-electron chi connectivity index (χ3n) is 2.53. The van der Waals surface area contributed by atoms with E-state index in [2.05, 4.69) is 16.9 Å². The monoisotopic (exact) mass is 258 g/mol. The van der Waals surface area contributed by atoms with Crippen molar-refractivity contribution in [2.75, 3.05) is 6.61 Å². The molecule has 2 aromatic rings. The molecule has 0 spiro atoms. The van der Waals surface area contributed by atoms with E-state index in [1.807, 2.05) is 19.2 Å². The minimum atomic E-state index is -0.310. The van der Waals surface area contributed by atoms with Crippen LogP contribution in [0.25, 0.3) is 0 Å². The summed E-state index contributed by atoms with van der Waals surface area (Å²) in [5, 5.41) is 12.8. The molecule has 3 nitrogen and oxygen atoms in total. The third-order valence-corrected chi connectivity index (χ3v) is 2.53. The molecule has 1 aromatic carbocycles. The molecule has 0 amide bonds. The van der Waals surface area contributed by atoms with Gasteiger partial charge in [-0.25, -0.2) is 4.39 Å². The molecular weight excluding hydrogens is 243 g/mol. The molecule has 1 aromatic heterocycles. The van der Waals surface area contributed by atoms with Crippen LogP contribution in [0.2, 0.25) is 0 Å². The van der Waals surface area contributed by atoms with Gasteiger partial charge in [-0.15, -0.1) is 0 Å². The molecule has 1 N–H and O–H groups in total.